The zero-order valence-electron chi connectivity index (χ0n) is 10.4. The SMILES string of the molecule is Cc1cc(NC(C)c2nccs2)c(Br)cc1[N+](=O)[O-]. The summed E-state index contributed by atoms with van der Waals surface area (Å²) in [5.74, 6) is 0. The van der Waals surface area contributed by atoms with Crippen molar-refractivity contribution >= 4 is 38.6 Å². The summed E-state index contributed by atoms with van der Waals surface area (Å²) in [4.78, 5) is 14.7. The second-order valence-corrected chi connectivity index (χ2v) is 5.89. The quantitative estimate of drug-likeness (QED) is 0.665. The molecule has 1 atom stereocenters. The van der Waals surface area contributed by atoms with Crippen molar-refractivity contribution in [3.8, 4) is 0 Å². The first kappa shape index (κ1) is 14.0. The van der Waals surface area contributed by atoms with Crippen molar-refractivity contribution in [3.63, 3.8) is 0 Å². The van der Waals surface area contributed by atoms with Gasteiger partial charge in [-0.15, -0.1) is 11.3 Å². The van der Waals surface area contributed by atoms with Gasteiger partial charge in [0.2, 0.25) is 0 Å². The van der Waals surface area contributed by atoms with Crippen LogP contribution in [0.1, 0.15) is 23.5 Å². The predicted molar refractivity (Wildman–Crippen MR) is 79.7 cm³/mol. The van der Waals surface area contributed by atoms with Crippen LogP contribution in [0.25, 0.3) is 0 Å². The Morgan fingerprint density at radius 3 is 2.84 bits per heavy atom. The molecular weight excluding hydrogens is 330 g/mol. The van der Waals surface area contributed by atoms with Gasteiger partial charge in [-0.05, 0) is 35.8 Å². The van der Waals surface area contributed by atoms with E-state index in [-0.39, 0.29) is 16.7 Å². The number of nitro benzene ring substituents is 1. The van der Waals surface area contributed by atoms with Gasteiger partial charge in [-0.25, -0.2) is 4.98 Å². The second kappa shape index (κ2) is 5.66. The van der Waals surface area contributed by atoms with Crippen molar-refractivity contribution in [3.05, 3.63) is 48.9 Å². The lowest BCUT2D eigenvalue weighted by Crippen LogP contribution is -2.07. The summed E-state index contributed by atoms with van der Waals surface area (Å²) in [6, 6.07) is 3.34. The zero-order valence-corrected chi connectivity index (χ0v) is 12.8. The highest BCUT2D eigenvalue weighted by molar-refractivity contribution is 9.10. The lowest BCUT2D eigenvalue weighted by molar-refractivity contribution is -0.385. The monoisotopic (exact) mass is 341 g/mol. The molecule has 0 radical (unpaired) electrons. The summed E-state index contributed by atoms with van der Waals surface area (Å²) in [5.41, 5.74) is 1.56. The largest absolute Gasteiger partial charge is 0.375 e. The lowest BCUT2D eigenvalue weighted by atomic mass is 10.1. The van der Waals surface area contributed by atoms with E-state index in [2.05, 4.69) is 26.2 Å². The maximum absolute atomic E-state index is 10.9. The van der Waals surface area contributed by atoms with Crippen molar-refractivity contribution in [2.24, 2.45) is 0 Å². The molecular formula is C12H12BrN3O2S. The highest BCUT2D eigenvalue weighted by atomic mass is 79.9. The Bertz CT molecular complexity index is 601. The fourth-order valence-electron chi connectivity index (χ4n) is 1.72. The smallest absolute Gasteiger partial charge is 0.273 e. The Morgan fingerprint density at radius 1 is 1.53 bits per heavy atom. The Labute approximate surface area is 123 Å². The van der Waals surface area contributed by atoms with E-state index < -0.39 is 0 Å². The number of hydrogen-bond acceptors (Lipinski definition) is 5. The number of nitro groups is 1. The average molecular weight is 342 g/mol. The van der Waals surface area contributed by atoms with E-state index in [1.54, 1.807) is 30.5 Å². The van der Waals surface area contributed by atoms with Gasteiger partial charge < -0.3 is 5.32 Å². The van der Waals surface area contributed by atoms with Gasteiger partial charge in [0, 0.05) is 33.4 Å². The standard InChI is InChI=1S/C12H12BrN3O2S/c1-7-5-10(9(13)6-11(7)16(17)18)15-8(2)12-14-3-4-19-12/h3-6,8,15H,1-2H3. The van der Waals surface area contributed by atoms with Crippen LogP contribution in [-0.2, 0) is 0 Å². The van der Waals surface area contributed by atoms with Crippen molar-refractivity contribution in [1.82, 2.24) is 4.98 Å². The third-order valence-electron chi connectivity index (χ3n) is 2.68. The molecule has 7 heteroatoms. The molecule has 0 bridgehead atoms. The molecule has 1 aromatic carbocycles. The minimum atomic E-state index is -0.381. The molecule has 0 aliphatic heterocycles. The molecule has 0 spiro atoms. The van der Waals surface area contributed by atoms with E-state index >= 15 is 0 Å². The molecule has 1 heterocycles. The van der Waals surface area contributed by atoms with Gasteiger partial charge in [0.15, 0.2) is 0 Å². The van der Waals surface area contributed by atoms with E-state index in [9.17, 15) is 10.1 Å². The number of benzene rings is 1. The normalized spacial score (nSPS) is 12.2. The summed E-state index contributed by atoms with van der Waals surface area (Å²) < 4.78 is 0.674. The van der Waals surface area contributed by atoms with Crippen LogP contribution < -0.4 is 5.32 Å². The third-order valence-corrected chi connectivity index (χ3v) is 4.29. The molecule has 5 nitrogen and oxygen atoms in total. The number of rotatable bonds is 4. The van der Waals surface area contributed by atoms with Crippen LogP contribution in [0.2, 0.25) is 0 Å². The molecule has 0 fully saturated rings. The van der Waals surface area contributed by atoms with Gasteiger partial charge in [0.25, 0.3) is 5.69 Å². The van der Waals surface area contributed by atoms with Gasteiger partial charge in [0.05, 0.1) is 11.0 Å². The predicted octanol–water partition coefficient (Wildman–Crippen LogP) is 4.30. The van der Waals surface area contributed by atoms with Crippen molar-refractivity contribution < 1.29 is 4.92 Å². The van der Waals surface area contributed by atoms with E-state index in [1.807, 2.05) is 12.3 Å². The van der Waals surface area contributed by atoms with Gasteiger partial charge in [-0.1, -0.05) is 0 Å². The van der Waals surface area contributed by atoms with Crippen molar-refractivity contribution in [2.45, 2.75) is 19.9 Å². The molecule has 0 saturated carbocycles. The maximum Gasteiger partial charge on any atom is 0.273 e. The molecule has 1 unspecified atom stereocenters. The summed E-state index contributed by atoms with van der Waals surface area (Å²) in [6.07, 6.45) is 1.76. The van der Waals surface area contributed by atoms with Gasteiger partial charge in [0.1, 0.15) is 5.01 Å². The van der Waals surface area contributed by atoms with Crippen LogP contribution in [0.15, 0.2) is 28.2 Å². The van der Waals surface area contributed by atoms with E-state index in [0.29, 0.717) is 10.0 Å². The van der Waals surface area contributed by atoms with Gasteiger partial charge >= 0.3 is 0 Å². The third kappa shape index (κ3) is 3.10. The summed E-state index contributed by atoms with van der Waals surface area (Å²) in [6.45, 7) is 3.73. The molecule has 0 saturated heterocycles. The minimum Gasteiger partial charge on any atom is -0.375 e. The molecule has 2 rings (SSSR count). The second-order valence-electron chi connectivity index (χ2n) is 4.11. The summed E-state index contributed by atoms with van der Waals surface area (Å²) in [5, 5.41) is 17.0. The topological polar surface area (TPSA) is 68.1 Å². The number of aryl methyl sites for hydroxylation is 1. The Morgan fingerprint density at radius 2 is 2.26 bits per heavy atom. The van der Waals surface area contributed by atoms with E-state index in [0.717, 1.165) is 10.7 Å². The number of halogens is 1. The van der Waals surface area contributed by atoms with Crippen LogP contribution in [0.4, 0.5) is 11.4 Å². The zero-order chi connectivity index (χ0) is 14.0. The highest BCUT2D eigenvalue weighted by Crippen LogP contribution is 2.33. The lowest BCUT2D eigenvalue weighted by Gasteiger charge is -2.15. The molecule has 1 N–H and O–H groups in total. The number of anilines is 1. The molecule has 19 heavy (non-hydrogen) atoms. The van der Waals surface area contributed by atoms with Gasteiger partial charge in [-0.2, -0.15) is 0 Å². The molecule has 1 aromatic heterocycles. The van der Waals surface area contributed by atoms with Crippen LogP contribution in [-0.4, -0.2) is 9.91 Å². The van der Waals surface area contributed by atoms with Crippen molar-refractivity contribution in [1.29, 1.82) is 0 Å². The average Bonchev–Trinajstić information content (AvgIpc) is 2.86. The number of thiazole rings is 1. The number of nitrogens with one attached hydrogen (secondary N) is 1. The summed E-state index contributed by atoms with van der Waals surface area (Å²) in [7, 11) is 0. The number of hydrogen-bond donors (Lipinski definition) is 1. The maximum atomic E-state index is 10.9. The molecule has 0 amide bonds. The minimum absolute atomic E-state index is 0.0529. The highest BCUT2D eigenvalue weighted by Gasteiger charge is 2.16. The Balaban J connectivity index is 2.26. The Hall–Kier alpha value is -1.47. The van der Waals surface area contributed by atoms with Crippen LogP contribution >= 0.6 is 27.3 Å². The fourth-order valence-corrected chi connectivity index (χ4v) is 2.81. The van der Waals surface area contributed by atoms with E-state index in [4.69, 9.17) is 0 Å². The molecule has 100 valence electrons. The fraction of sp³-hybridized carbons (Fsp3) is 0.250. The first-order chi connectivity index (χ1) is 8.99. The van der Waals surface area contributed by atoms with Crippen molar-refractivity contribution in [2.75, 3.05) is 5.32 Å². The van der Waals surface area contributed by atoms with Crippen LogP contribution in [0.5, 0.6) is 0 Å². The van der Waals surface area contributed by atoms with Crippen LogP contribution in [0, 0.1) is 17.0 Å². The first-order valence-corrected chi connectivity index (χ1v) is 7.26. The number of nitrogens with zero attached hydrogens (tertiary/aromatic N) is 2. The summed E-state index contributed by atoms with van der Waals surface area (Å²) >= 11 is 4.93. The van der Waals surface area contributed by atoms with Crippen LogP contribution in [0.3, 0.4) is 0 Å². The van der Waals surface area contributed by atoms with Gasteiger partial charge in [-0.3, -0.25) is 10.1 Å². The number of aromatic nitrogens is 1. The Kier molecular flexibility index (Phi) is 4.16. The molecule has 0 aliphatic carbocycles. The van der Waals surface area contributed by atoms with E-state index in [1.165, 1.54) is 6.07 Å². The first-order valence-electron chi connectivity index (χ1n) is 5.59. The molecule has 2 aromatic rings. The molecule has 0 aliphatic rings.